The number of hydrogen-bond donors (Lipinski definition) is 3. The molecule has 0 fully saturated rings. The molecule has 0 aliphatic rings. The van der Waals surface area contributed by atoms with E-state index in [0.717, 1.165) is 12.1 Å². The Labute approximate surface area is 118 Å². The van der Waals surface area contributed by atoms with E-state index < -0.39 is 30.1 Å². The normalized spacial score (nSPS) is 10.0. The third kappa shape index (κ3) is 4.03. The molecule has 2 amide bonds. The van der Waals surface area contributed by atoms with Crippen LogP contribution < -0.4 is 15.6 Å². The molecule has 0 atom stereocenters. The van der Waals surface area contributed by atoms with Crippen molar-refractivity contribution in [3.8, 4) is 5.75 Å². The molecule has 110 valence electrons. The summed E-state index contributed by atoms with van der Waals surface area (Å²) in [5, 5.41) is 0. The molecule has 1 aromatic heterocycles. The van der Waals surface area contributed by atoms with Crippen LogP contribution in [-0.2, 0) is 4.79 Å². The SMILES string of the molecule is O=C(COc1ccc(F)cc1F)NNC(=O)c1ccc[nH]1. The monoisotopic (exact) mass is 295 g/mol. The topological polar surface area (TPSA) is 83.2 Å². The van der Waals surface area contributed by atoms with Crippen LogP contribution in [0.25, 0.3) is 0 Å². The van der Waals surface area contributed by atoms with Crippen molar-refractivity contribution >= 4 is 11.8 Å². The molecule has 0 saturated heterocycles. The van der Waals surface area contributed by atoms with Crippen molar-refractivity contribution in [2.24, 2.45) is 0 Å². The summed E-state index contributed by atoms with van der Waals surface area (Å²) in [6.07, 6.45) is 1.55. The van der Waals surface area contributed by atoms with Crippen LogP contribution in [-0.4, -0.2) is 23.4 Å². The lowest BCUT2D eigenvalue weighted by atomic mass is 10.3. The fourth-order valence-corrected chi connectivity index (χ4v) is 1.44. The minimum absolute atomic E-state index is 0.262. The van der Waals surface area contributed by atoms with Crippen molar-refractivity contribution in [1.82, 2.24) is 15.8 Å². The van der Waals surface area contributed by atoms with Gasteiger partial charge in [0.15, 0.2) is 18.2 Å². The predicted octanol–water partition coefficient (Wildman–Crippen LogP) is 1.13. The first-order valence-corrected chi connectivity index (χ1v) is 5.86. The molecule has 0 unspecified atom stereocenters. The number of halogens is 2. The molecule has 0 aliphatic heterocycles. The summed E-state index contributed by atoms with van der Waals surface area (Å²) in [7, 11) is 0. The van der Waals surface area contributed by atoms with Crippen LogP contribution in [0.2, 0.25) is 0 Å². The number of H-pyrrole nitrogens is 1. The number of nitrogens with one attached hydrogen (secondary N) is 3. The Hall–Kier alpha value is -2.90. The maximum Gasteiger partial charge on any atom is 0.286 e. The van der Waals surface area contributed by atoms with Crippen LogP contribution in [0.15, 0.2) is 36.5 Å². The van der Waals surface area contributed by atoms with Gasteiger partial charge in [-0.1, -0.05) is 0 Å². The second-order valence-electron chi connectivity index (χ2n) is 3.95. The molecular weight excluding hydrogens is 284 g/mol. The van der Waals surface area contributed by atoms with Crippen molar-refractivity contribution in [1.29, 1.82) is 0 Å². The van der Waals surface area contributed by atoms with E-state index in [4.69, 9.17) is 4.74 Å². The number of aromatic amines is 1. The Bertz CT molecular complexity index is 644. The van der Waals surface area contributed by atoms with Gasteiger partial charge in [0.2, 0.25) is 0 Å². The highest BCUT2D eigenvalue weighted by Gasteiger charge is 2.10. The number of carbonyl (C=O) groups excluding carboxylic acids is 2. The number of amides is 2. The van der Waals surface area contributed by atoms with E-state index in [1.165, 1.54) is 6.07 Å². The van der Waals surface area contributed by atoms with Gasteiger partial charge in [-0.3, -0.25) is 20.4 Å². The first-order chi connectivity index (χ1) is 10.1. The van der Waals surface area contributed by atoms with E-state index in [2.05, 4.69) is 15.8 Å². The van der Waals surface area contributed by atoms with Gasteiger partial charge in [0.25, 0.3) is 11.8 Å². The molecule has 2 aromatic rings. The minimum atomic E-state index is -0.918. The average molecular weight is 295 g/mol. The van der Waals surface area contributed by atoms with Crippen molar-refractivity contribution in [3.05, 3.63) is 53.9 Å². The van der Waals surface area contributed by atoms with E-state index in [1.54, 1.807) is 12.3 Å². The zero-order valence-corrected chi connectivity index (χ0v) is 10.7. The molecule has 8 heteroatoms. The van der Waals surface area contributed by atoms with Gasteiger partial charge in [0, 0.05) is 12.3 Å². The molecular formula is C13H11F2N3O3. The molecule has 1 aromatic carbocycles. The van der Waals surface area contributed by atoms with Gasteiger partial charge in [-0.2, -0.15) is 0 Å². The molecule has 0 radical (unpaired) electrons. The Morgan fingerprint density at radius 3 is 2.67 bits per heavy atom. The zero-order valence-electron chi connectivity index (χ0n) is 10.7. The minimum Gasteiger partial charge on any atom is -0.481 e. The largest absolute Gasteiger partial charge is 0.481 e. The summed E-state index contributed by atoms with van der Waals surface area (Å²) in [5.74, 6) is -3.16. The average Bonchev–Trinajstić information content (AvgIpc) is 2.98. The number of hydrogen-bond acceptors (Lipinski definition) is 3. The standard InChI is InChI=1S/C13H11F2N3O3/c14-8-3-4-11(9(15)6-8)21-7-12(19)17-18-13(20)10-2-1-5-16-10/h1-6,16H,7H2,(H,17,19)(H,18,20). The fraction of sp³-hybridized carbons (Fsp3) is 0.0769. The molecule has 3 N–H and O–H groups in total. The Kier molecular flexibility index (Phi) is 4.50. The highest BCUT2D eigenvalue weighted by Crippen LogP contribution is 2.17. The number of hydrazine groups is 1. The Morgan fingerprint density at radius 2 is 2.00 bits per heavy atom. The van der Waals surface area contributed by atoms with Crippen molar-refractivity contribution in [2.75, 3.05) is 6.61 Å². The van der Waals surface area contributed by atoms with Crippen LogP contribution in [0.4, 0.5) is 8.78 Å². The van der Waals surface area contributed by atoms with Gasteiger partial charge in [0.1, 0.15) is 11.5 Å². The van der Waals surface area contributed by atoms with E-state index in [0.29, 0.717) is 6.07 Å². The van der Waals surface area contributed by atoms with E-state index in [-0.39, 0.29) is 11.4 Å². The van der Waals surface area contributed by atoms with Crippen molar-refractivity contribution in [3.63, 3.8) is 0 Å². The van der Waals surface area contributed by atoms with Crippen molar-refractivity contribution in [2.45, 2.75) is 0 Å². The molecule has 1 heterocycles. The maximum atomic E-state index is 13.2. The van der Waals surface area contributed by atoms with Crippen molar-refractivity contribution < 1.29 is 23.1 Å². The summed E-state index contributed by atoms with van der Waals surface area (Å²) in [5.41, 5.74) is 4.50. The van der Waals surface area contributed by atoms with Gasteiger partial charge in [-0.15, -0.1) is 0 Å². The first-order valence-electron chi connectivity index (χ1n) is 5.86. The highest BCUT2D eigenvalue weighted by molar-refractivity contribution is 5.93. The van der Waals surface area contributed by atoms with Gasteiger partial charge in [-0.05, 0) is 24.3 Å². The lowest BCUT2D eigenvalue weighted by Crippen LogP contribution is -2.44. The van der Waals surface area contributed by atoms with Crippen LogP contribution >= 0.6 is 0 Å². The summed E-state index contributed by atoms with van der Waals surface area (Å²) in [6.45, 7) is -0.534. The Morgan fingerprint density at radius 1 is 1.19 bits per heavy atom. The lowest BCUT2D eigenvalue weighted by molar-refractivity contribution is -0.123. The second kappa shape index (κ2) is 6.51. The quantitative estimate of drug-likeness (QED) is 0.739. The van der Waals surface area contributed by atoms with Gasteiger partial charge in [-0.25, -0.2) is 8.78 Å². The molecule has 0 bridgehead atoms. The van der Waals surface area contributed by atoms with Gasteiger partial charge < -0.3 is 9.72 Å². The summed E-state index contributed by atoms with van der Waals surface area (Å²) < 4.78 is 30.8. The molecule has 6 nitrogen and oxygen atoms in total. The molecule has 2 rings (SSSR count). The molecule has 0 saturated carbocycles. The first kappa shape index (κ1) is 14.5. The van der Waals surface area contributed by atoms with E-state index in [9.17, 15) is 18.4 Å². The molecule has 0 spiro atoms. The smallest absolute Gasteiger partial charge is 0.286 e. The van der Waals surface area contributed by atoms with Gasteiger partial charge in [0.05, 0.1) is 0 Å². The van der Waals surface area contributed by atoms with Crippen LogP contribution in [0.1, 0.15) is 10.5 Å². The summed E-state index contributed by atoms with van der Waals surface area (Å²) in [4.78, 5) is 25.5. The summed E-state index contributed by atoms with van der Waals surface area (Å²) >= 11 is 0. The number of aromatic nitrogens is 1. The highest BCUT2D eigenvalue weighted by atomic mass is 19.1. The van der Waals surface area contributed by atoms with Crippen LogP contribution in [0.5, 0.6) is 5.75 Å². The van der Waals surface area contributed by atoms with Gasteiger partial charge >= 0.3 is 0 Å². The third-order valence-corrected chi connectivity index (χ3v) is 2.41. The van der Waals surface area contributed by atoms with Crippen LogP contribution in [0.3, 0.4) is 0 Å². The lowest BCUT2D eigenvalue weighted by Gasteiger charge is -2.08. The number of carbonyl (C=O) groups is 2. The van der Waals surface area contributed by atoms with E-state index in [1.807, 2.05) is 0 Å². The zero-order chi connectivity index (χ0) is 15.2. The Balaban J connectivity index is 1.78. The summed E-state index contributed by atoms with van der Waals surface area (Å²) in [6, 6.07) is 5.85. The maximum absolute atomic E-state index is 13.2. The third-order valence-electron chi connectivity index (χ3n) is 2.41. The number of rotatable bonds is 4. The van der Waals surface area contributed by atoms with E-state index >= 15 is 0 Å². The molecule has 0 aliphatic carbocycles. The predicted molar refractivity (Wildman–Crippen MR) is 68.3 cm³/mol. The number of ether oxygens (including phenoxy) is 1. The molecule has 21 heavy (non-hydrogen) atoms. The second-order valence-corrected chi connectivity index (χ2v) is 3.95. The van der Waals surface area contributed by atoms with Crippen LogP contribution in [0, 0.1) is 11.6 Å². The number of benzene rings is 1. The fourth-order valence-electron chi connectivity index (χ4n) is 1.44.